The fourth-order valence-electron chi connectivity index (χ4n) is 1.88. The summed E-state index contributed by atoms with van der Waals surface area (Å²) in [6.45, 7) is 6.07. The van der Waals surface area contributed by atoms with Crippen molar-refractivity contribution in [2.24, 2.45) is 5.92 Å². The van der Waals surface area contributed by atoms with Crippen LogP contribution in [0.3, 0.4) is 0 Å². The Morgan fingerprint density at radius 2 is 1.09 bits per heavy atom. The van der Waals surface area contributed by atoms with E-state index >= 15 is 0 Å². The Hall–Kier alpha value is -1.63. The molecular weight excluding hydrogens is 280 g/mol. The molecule has 0 aliphatic heterocycles. The molecule has 1 heteroatoms. The SMILES string of the molecule is CC/C=C\C/C=C\C/C=C\C/C=C\C/C=C\CCC(=O)C(C)C. The molecule has 0 aromatic carbocycles. The third-order valence-electron chi connectivity index (χ3n) is 3.36. The second kappa shape index (κ2) is 16.7. The summed E-state index contributed by atoms with van der Waals surface area (Å²) in [4.78, 5) is 11.4. The second-order valence-electron chi connectivity index (χ2n) is 5.87. The minimum atomic E-state index is 0.165. The lowest BCUT2D eigenvalue weighted by Crippen LogP contribution is -2.05. The van der Waals surface area contributed by atoms with Gasteiger partial charge in [-0.2, -0.15) is 0 Å². The molecule has 0 N–H and O–H groups in total. The average molecular weight is 315 g/mol. The van der Waals surface area contributed by atoms with Crippen LogP contribution in [0.4, 0.5) is 0 Å². The fourth-order valence-corrected chi connectivity index (χ4v) is 1.88. The van der Waals surface area contributed by atoms with Crippen molar-refractivity contribution in [2.45, 2.75) is 65.7 Å². The lowest BCUT2D eigenvalue weighted by Gasteiger charge is -1.99. The Balaban J connectivity index is 3.54. The first-order valence-corrected chi connectivity index (χ1v) is 8.96. The monoisotopic (exact) mass is 314 g/mol. The molecule has 0 radical (unpaired) electrons. The Labute approximate surface area is 143 Å². The van der Waals surface area contributed by atoms with E-state index in [0.29, 0.717) is 12.2 Å². The summed E-state index contributed by atoms with van der Waals surface area (Å²) in [5.41, 5.74) is 0. The topological polar surface area (TPSA) is 17.1 Å². The van der Waals surface area contributed by atoms with Crippen LogP contribution in [0.2, 0.25) is 0 Å². The quantitative estimate of drug-likeness (QED) is 0.344. The summed E-state index contributed by atoms with van der Waals surface area (Å²) in [5, 5.41) is 0. The smallest absolute Gasteiger partial charge is 0.135 e. The summed E-state index contributed by atoms with van der Waals surface area (Å²) < 4.78 is 0. The highest BCUT2D eigenvalue weighted by molar-refractivity contribution is 5.80. The van der Waals surface area contributed by atoms with Crippen molar-refractivity contribution in [1.29, 1.82) is 0 Å². The number of carbonyl (C=O) groups excluding carboxylic acids is 1. The van der Waals surface area contributed by atoms with Crippen LogP contribution < -0.4 is 0 Å². The van der Waals surface area contributed by atoms with Crippen LogP contribution in [0, 0.1) is 5.92 Å². The number of allylic oxidation sites excluding steroid dienone is 10. The second-order valence-corrected chi connectivity index (χ2v) is 5.87. The van der Waals surface area contributed by atoms with Crippen molar-refractivity contribution in [2.75, 3.05) is 0 Å². The summed E-state index contributed by atoms with van der Waals surface area (Å²) in [6, 6.07) is 0. The van der Waals surface area contributed by atoms with Gasteiger partial charge < -0.3 is 0 Å². The predicted molar refractivity (Wildman–Crippen MR) is 104 cm³/mol. The molecule has 0 atom stereocenters. The van der Waals surface area contributed by atoms with E-state index in [0.717, 1.165) is 38.5 Å². The van der Waals surface area contributed by atoms with E-state index in [1.54, 1.807) is 0 Å². The maximum Gasteiger partial charge on any atom is 0.135 e. The standard InChI is InChI=1S/C22H34O/c1-4-5-6-7-8-9-10-11-12-13-14-15-16-17-18-19-20-22(23)21(2)3/h5-6,8-9,11-12,14-15,17-18,21H,4,7,10,13,16,19-20H2,1-3H3/b6-5-,9-8-,12-11-,15-14-,18-17-. The van der Waals surface area contributed by atoms with Gasteiger partial charge in [-0.1, -0.05) is 81.5 Å². The molecule has 0 aromatic rings. The fraction of sp³-hybridized carbons (Fsp3) is 0.500. The van der Waals surface area contributed by atoms with Gasteiger partial charge in [0.25, 0.3) is 0 Å². The van der Waals surface area contributed by atoms with Crippen LogP contribution >= 0.6 is 0 Å². The van der Waals surface area contributed by atoms with Crippen molar-refractivity contribution in [3.8, 4) is 0 Å². The zero-order valence-corrected chi connectivity index (χ0v) is 15.2. The molecule has 0 aliphatic carbocycles. The average Bonchev–Trinajstić information content (AvgIpc) is 2.54. The number of hydrogen-bond acceptors (Lipinski definition) is 1. The Bertz CT molecular complexity index is 419. The molecule has 0 fully saturated rings. The molecule has 0 heterocycles. The highest BCUT2D eigenvalue weighted by Crippen LogP contribution is 2.03. The normalized spacial score (nSPS) is 13.0. The van der Waals surface area contributed by atoms with E-state index in [4.69, 9.17) is 0 Å². The number of Topliss-reactive ketones (excluding diaryl/α,β-unsaturated/α-hetero) is 1. The minimum Gasteiger partial charge on any atom is -0.299 e. The maximum atomic E-state index is 11.4. The minimum absolute atomic E-state index is 0.165. The lowest BCUT2D eigenvalue weighted by molar-refractivity contribution is -0.121. The van der Waals surface area contributed by atoms with Crippen LogP contribution in [0.1, 0.15) is 65.7 Å². The van der Waals surface area contributed by atoms with Gasteiger partial charge in [-0.05, 0) is 38.5 Å². The largest absolute Gasteiger partial charge is 0.299 e. The highest BCUT2D eigenvalue weighted by atomic mass is 16.1. The van der Waals surface area contributed by atoms with Crippen molar-refractivity contribution in [1.82, 2.24) is 0 Å². The summed E-state index contributed by atoms with van der Waals surface area (Å²) in [5.74, 6) is 0.517. The molecule has 0 amide bonds. The number of rotatable bonds is 13. The maximum absolute atomic E-state index is 11.4. The first kappa shape index (κ1) is 21.4. The van der Waals surface area contributed by atoms with Crippen LogP contribution in [0.5, 0.6) is 0 Å². The van der Waals surface area contributed by atoms with Crippen LogP contribution in [-0.4, -0.2) is 5.78 Å². The molecule has 0 aliphatic rings. The van der Waals surface area contributed by atoms with Crippen LogP contribution in [0.15, 0.2) is 60.8 Å². The van der Waals surface area contributed by atoms with Gasteiger partial charge in [0.05, 0.1) is 0 Å². The molecule has 0 saturated carbocycles. The van der Waals surface area contributed by atoms with Crippen LogP contribution in [0.25, 0.3) is 0 Å². The number of carbonyl (C=O) groups is 1. The van der Waals surface area contributed by atoms with Gasteiger partial charge >= 0.3 is 0 Å². The predicted octanol–water partition coefficient (Wildman–Crippen LogP) is 6.74. The molecule has 0 bridgehead atoms. The number of ketones is 1. The summed E-state index contributed by atoms with van der Waals surface area (Å²) in [7, 11) is 0. The van der Waals surface area contributed by atoms with Crippen molar-refractivity contribution in [3.05, 3.63) is 60.8 Å². The van der Waals surface area contributed by atoms with E-state index in [1.807, 2.05) is 13.8 Å². The van der Waals surface area contributed by atoms with Crippen molar-refractivity contribution in [3.63, 3.8) is 0 Å². The molecular formula is C22H34O. The van der Waals surface area contributed by atoms with Gasteiger partial charge in [0.15, 0.2) is 0 Å². The van der Waals surface area contributed by atoms with Gasteiger partial charge in [-0.15, -0.1) is 0 Å². The van der Waals surface area contributed by atoms with E-state index in [9.17, 15) is 4.79 Å². The molecule has 0 unspecified atom stereocenters. The van der Waals surface area contributed by atoms with Gasteiger partial charge in [-0.3, -0.25) is 4.79 Å². The first-order chi connectivity index (χ1) is 11.2. The van der Waals surface area contributed by atoms with Gasteiger partial charge in [-0.25, -0.2) is 0 Å². The Kier molecular flexibility index (Phi) is 15.5. The molecule has 0 spiro atoms. The molecule has 23 heavy (non-hydrogen) atoms. The first-order valence-electron chi connectivity index (χ1n) is 8.96. The summed E-state index contributed by atoms with van der Waals surface area (Å²) in [6.07, 6.45) is 28.5. The van der Waals surface area contributed by atoms with E-state index in [1.165, 1.54) is 0 Å². The third kappa shape index (κ3) is 16.6. The molecule has 128 valence electrons. The van der Waals surface area contributed by atoms with E-state index < -0.39 is 0 Å². The van der Waals surface area contributed by atoms with Gasteiger partial charge in [0.2, 0.25) is 0 Å². The molecule has 0 rings (SSSR count). The number of hydrogen-bond donors (Lipinski definition) is 0. The molecule has 0 saturated heterocycles. The highest BCUT2D eigenvalue weighted by Gasteiger charge is 2.04. The Morgan fingerprint density at radius 1 is 0.696 bits per heavy atom. The molecule has 1 nitrogen and oxygen atoms in total. The zero-order valence-electron chi connectivity index (χ0n) is 15.2. The summed E-state index contributed by atoms with van der Waals surface area (Å²) >= 11 is 0. The van der Waals surface area contributed by atoms with Gasteiger partial charge in [0, 0.05) is 12.3 Å². The van der Waals surface area contributed by atoms with Crippen molar-refractivity contribution < 1.29 is 4.79 Å². The zero-order chi connectivity index (χ0) is 17.2. The van der Waals surface area contributed by atoms with E-state index in [-0.39, 0.29) is 5.92 Å². The lowest BCUT2D eigenvalue weighted by atomic mass is 10.0. The van der Waals surface area contributed by atoms with Crippen molar-refractivity contribution >= 4 is 5.78 Å². The van der Waals surface area contributed by atoms with Crippen LogP contribution in [-0.2, 0) is 4.79 Å². The Morgan fingerprint density at radius 3 is 1.48 bits per heavy atom. The van der Waals surface area contributed by atoms with Gasteiger partial charge in [0.1, 0.15) is 5.78 Å². The molecule has 0 aromatic heterocycles. The third-order valence-corrected chi connectivity index (χ3v) is 3.36. The van der Waals surface area contributed by atoms with E-state index in [2.05, 4.69) is 67.7 Å².